The van der Waals surface area contributed by atoms with Gasteiger partial charge in [0.1, 0.15) is 11.6 Å². The van der Waals surface area contributed by atoms with Gasteiger partial charge >= 0.3 is 6.18 Å². The van der Waals surface area contributed by atoms with E-state index in [4.69, 9.17) is 0 Å². The molecule has 6 nitrogen and oxygen atoms in total. The average Bonchev–Trinajstić information content (AvgIpc) is 2.97. The zero-order chi connectivity index (χ0) is 19.1. The van der Waals surface area contributed by atoms with Crippen molar-refractivity contribution in [3.63, 3.8) is 0 Å². The molecular formula is C17H15F3N4O2. The van der Waals surface area contributed by atoms with Crippen LogP contribution in [0, 0.1) is 0 Å². The fourth-order valence-electron chi connectivity index (χ4n) is 2.54. The van der Waals surface area contributed by atoms with E-state index in [0.717, 1.165) is 12.1 Å². The molecule has 0 atom stereocenters. The van der Waals surface area contributed by atoms with Crippen molar-refractivity contribution in [2.24, 2.45) is 0 Å². The molecule has 0 saturated heterocycles. The number of aromatic nitrogens is 3. The predicted octanol–water partition coefficient (Wildman–Crippen LogP) is 3.83. The molecule has 0 aliphatic heterocycles. The van der Waals surface area contributed by atoms with Gasteiger partial charge in [0.05, 0.1) is 16.8 Å². The number of carbonyl (C=O) groups excluding carboxylic acids is 1. The molecule has 0 aliphatic rings. The SMILES string of the molecule is CC(C)c1nnc2ccc(NC(=O)c3cc(O)ccc3C(F)(F)F)cn12. The molecule has 1 amide bonds. The number of hydrogen-bond acceptors (Lipinski definition) is 4. The standard InChI is InChI=1S/C17H15F3N4O2/c1-9(2)15-23-22-14-6-3-10(8-24(14)15)21-16(26)12-7-11(25)4-5-13(12)17(18,19)20/h3-9,25H,1-2H3,(H,21,26). The van der Waals surface area contributed by atoms with E-state index in [-0.39, 0.29) is 11.6 Å². The van der Waals surface area contributed by atoms with Gasteiger partial charge in [-0.1, -0.05) is 13.8 Å². The smallest absolute Gasteiger partial charge is 0.417 e. The van der Waals surface area contributed by atoms with Crippen molar-refractivity contribution >= 4 is 17.2 Å². The van der Waals surface area contributed by atoms with E-state index in [1.165, 1.54) is 6.07 Å². The van der Waals surface area contributed by atoms with Crippen LogP contribution in [0.15, 0.2) is 36.5 Å². The quantitative estimate of drug-likeness (QED) is 0.740. The molecule has 0 aliphatic carbocycles. The molecule has 0 radical (unpaired) electrons. The summed E-state index contributed by atoms with van der Waals surface area (Å²) in [6, 6.07) is 5.46. The Morgan fingerprint density at radius 3 is 2.58 bits per heavy atom. The van der Waals surface area contributed by atoms with E-state index >= 15 is 0 Å². The topological polar surface area (TPSA) is 79.5 Å². The van der Waals surface area contributed by atoms with Crippen LogP contribution in [0.4, 0.5) is 18.9 Å². The maximum absolute atomic E-state index is 13.1. The Morgan fingerprint density at radius 2 is 1.92 bits per heavy atom. The van der Waals surface area contributed by atoms with Crippen molar-refractivity contribution in [3.05, 3.63) is 53.5 Å². The first-order chi connectivity index (χ1) is 12.2. The van der Waals surface area contributed by atoms with Gasteiger partial charge in [-0.3, -0.25) is 9.20 Å². The fourth-order valence-corrected chi connectivity index (χ4v) is 2.54. The van der Waals surface area contributed by atoms with Crippen LogP contribution in [0.25, 0.3) is 5.65 Å². The Hall–Kier alpha value is -3.10. The summed E-state index contributed by atoms with van der Waals surface area (Å²) in [6.45, 7) is 3.84. The number of hydrogen-bond donors (Lipinski definition) is 2. The lowest BCUT2D eigenvalue weighted by molar-refractivity contribution is -0.137. The van der Waals surface area contributed by atoms with Gasteiger partial charge in [-0.05, 0) is 30.3 Å². The highest BCUT2D eigenvalue weighted by molar-refractivity contribution is 6.05. The summed E-state index contributed by atoms with van der Waals surface area (Å²) in [4.78, 5) is 12.4. The number of aromatic hydroxyl groups is 1. The molecule has 2 aromatic heterocycles. The van der Waals surface area contributed by atoms with Crippen molar-refractivity contribution in [3.8, 4) is 5.75 Å². The van der Waals surface area contributed by atoms with Crippen LogP contribution >= 0.6 is 0 Å². The van der Waals surface area contributed by atoms with E-state index in [2.05, 4.69) is 15.5 Å². The van der Waals surface area contributed by atoms with E-state index < -0.39 is 29.0 Å². The maximum atomic E-state index is 13.1. The van der Waals surface area contributed by atoms with Crippen molar-refractivity contribution in [1.29, 1.82) is 0 Å². The van der Waals surface area contributed by atoms with Gasteiger partial charge in [0.2, 0.25) is 0 Å². The number of nitrogens with one attached hydrogen (secondary N) is 1. The number of phenols is 1. The normalized spacial score (nSPS) is 11.9. The molecule has 136 valence electrons. The number of nitrogens with zero attached hydrogens (tertiary/aromatic N) is 3. The molecular weight excluding hydrogens is 349 g/mol. The Morgan fingerprint density at radius 1 is 1.19 bits per heavy atom. The minimum absolute atomic E-state index is 0.0684. The van der Waals surface area contributed by atoms with Crippen LogP contribution in [0.2, 0.25) is 0 Å². The van der Waals surface area contributed by atoms with Gasteiger partial charge in [-0.2, -0.15) is 13.2 Å². The van der Waals surface area contributed by atoms with Gasteiger partial charge in [0.15, 0.2) is 5.65 Å². The monoisotopic (exact) mass is 364 g/mol. The fraction of sp³-hybridized carbons (Fsp3) is 0.235. The summed E-state index contributed by atoms with van der Waals surface area (Å²) in [6.07, 6.45) is -3.18. The summed E-state index contributed by atoms with van der Waals surface area (Å²) in [7, 11) is 0. The number of carbonyl (C=O) groups is 1. The number of benzene rings is 1. The number of fused-ring (bicyclic) bond motifs is 1. The molecule has 9 heteroatoms. The summed E-state index contributed by atoms with van der Waals surface area (Å²) >= 11 is 0. The molecule has 3 rings (SSSR count). The maximum Gasteiger partial charge on any atom is 0.417 e. The van der Waals surface area contributed by atoms with E-state index in [1.807, 2.05) is 13.8 Å². The highest BCUT2D eigenvalue weighted by Gasteiger charge is 2.35. The number of phenolic OH excluding ortho intramolecular Hbond substituents is 1. The average molecular weight is 364 g/mol. The van der Waals surface area contributed by atoms with Crippen LogP contribution in [0.5, 0.6) is 5.75 Å². The first kappa shape index (κ1) is 17.7. The van der Waals surface area contributed by atoms with Crippen molar-refractivity contribution in [2.45, 2.75) is 25.9 Å². The highest BCUT2D eigenvalue weighted by Crippen LogP contribution is 2.34. The molecule has 0 fully saturated rings. The summed E-state index contributed by atoms with van der Waals surface area (Å²) in [5, 5.41) is 19.9. The van der Waals surface area contributed by atoms with E-state index in [1.54, 1.807) is 16.7 Å². The molecule has 26 heavy (non-hydrogen) atoms. The van der Waals surface area contributed by atoms with Gasteiger partial charge < -0.3 is 10.4 Å². The molecule has 0 unspecified atom stereocenters. The van der Waals surface area contributed by atoms with Gasteiger partial charge in [-0.25, -0.2) is 0 Å². The molecule has 0 bridgehead atoms. The highest BCUT2D eigenvalue weighted by atomic mass is 19.4. The Bertz CT molecular complexity index is 980. The second-order valence-electron chi connectivity index (χ2n) is 6.04. The zero-order valence-electron chi connectivity index (χ0n) is 13.9. The Balaban J connectivity index is 1.97. The van der Waals surface area contributed by atoms with E-state index in [9.17, 15) is 23.1 Å². The number of halogens is 3. The second-order valence-corrected chi connectivity index (χ2v) is 6.04. The first-order valence-electron chi connectivity index (χ1n) is 7.73. The largest absolute Gasteiger partial charge is 0.508 e. The van der Waals surface area contributed by atoms with Crippen molar-refractivity contribution in [1.82, 2.24) is 14.6 Å². The third kappa shape index (κ3) is 3.32. The van der Waals surface area contributed by atoms with Gasteiger partial charge in [-0.15, -0.1) is 10.2 Å². The molecule has 0 saturated carbocycles. The van der Waals surface area contributed by atoms with Gasteiger partial charge in [0.25, 0.3) is 5.91 Å². The van der Waals surface area contributed by atoms with Crippen molar-refractivity contribution < 1.29 is 23.1 Å². The van der Waals surface area contributed by atoms with Gasteiger partial charge in [0, 0.05) is 12.1 Å². The van der Waals surface area contributed by atoms with Crippen molar-refractivity contribution in [2.75, 3.05) is 5.32 Å². The minimum Gasteiger partial charge on any atom is -0.508 e. The van der Waals surface area contributed by atoms with Crippen LogP contribution < -0.4 is 5.32 Å². The number of rotatable bonds is 3. The third-order valence-electron chi connectivity index (χ3n) is 3.76. The molecule has 1 aromatic carbocycles. The third-order valence-corrected chi connectivity index (χ3v) is 3.76. The number of pyridine rings is 1. The summed E-state index contributed by atoms with van der Waals surface area (Å²) < 4.78 is 41.0. The van der Waals surface area contributed by atoms with Crippen LogP contribution in [-0.4, -0.2) is 25.6 Å². The first-order valence-corrected chi connectivity index (χ1v) is 7.73. The lowest BCUT2D eigenvalue weighted by Crippen LogP contribution is -2.19. The predicted molar refractivity (Wildman–Crippen MR) is 88.1 cm³/mol. The molecule has 0 spiro atoms. The Kier molecular flexibility index (Phi) is 4.31. The van der Waals surface area contributed by atoms with Crippen LogP contribution in [0.1, 0.15) is 41.5 Å². The second kappa shape index (κ2) is 6.32. The van der Waals surface area contributed by atoms with Crippen LogP contribution in [0.3, 0.4) is 0 Å². The molecule has 2 heterocycles. The number of alkyl halides is 3. The lowest BCUT2D eigenvalue weighted by Gasteiger charge is -2.13. The zero-order valence-corrected chi connectivity index (χ0v) is 13.9. The summed E-state index contributed by atoms with van der Waals surface area (Å²) in [5.74, 6) is -0.686. The molecule has 2 N–H and O–H groups in total. The molecule has 3 aromatic rings. The minimum atomic E-state index is -4.72. The number of anilines is 1. The Labute approximate surface area is 146 Å². The lowest BCUT2D eigenvalue weighted by atomic mass is 10.1. The van der Waals surface area contributed by atoms with E-state index in [0.29, 0.717) is 17.5 Å². The summed E-state index contributed by atoms with van der Waals surface area (Å²) in [5.41, 5.74) is -0.952. The number of amides is 1. The van der Waals surface area contributed by atoms with Crippen LogP contribution in [-0.2, 0) is 6.18 Å².